The summed E-state index contributed by atoms with van der Waals surface area (Å²) in [5.74, 6) is 1.15. The largest absolute Gasteiger partial charge is 0.282 e. The predicted molar refractivity (Wildman–Crippen MR) is 59.3 cm³/mol. The van der Waals surface area contributed by atoms with Crippen LogP contribution in [0.2, 0.25) is 0 Å². The molecule has 2 aliphatic carbocycles. The lowest BCUT2D eigenvalue weighted by Crippen LogP contribution is -2.35. The molecular weight excluding hydrogens is 202 g/mol. The first-order chi connectivity index (χ1) is 7.59. The Labute approximate surface area is 95.5 Å². The fourth-order valence-electron chi connectivity index (χ4n) is 3.51. The maximum atomic E-state index is 12.2. The Morgan fingerprint density at radius 2 is 1.69 bits per heavy atom. The van der Waals surface area contributed by atoms with Gasteiger partial charge in [0.1, 0.15) is 0 Å². The number of hydrogen-bond acceptors (Lipinski definition) is 2. The van der Waals surface area contributed by atoms with Crippen molar-refractivity contribution in [2.75, 3.05) is 6.54 Å². The molecule has 16 heavy (non-hydrogen) atoms. The van der Waals surface area contributed by atoms with Crippen LogP contribution < -0.4 is 0 Å². The molecule has 0 radical (unpaired) electrons. The fraction of sp³-hybridized carbons (Fsp3) is 0.692. The molecule has 0 N–H and O–H groups in total. The number of hydrogen-bond donors (Lipinski definition) is 0. The molecule has 3 rings (SSSR count). The van der Waals surface area contributed by atoms with E-state index in [1.54, 1.807) is 0 Å². The van der Waals surface area contributed by atoms with Crippen molar-refractivity contribution in [2.45, 2.75) is 20.3 Å². The Morgan fingerprint density at radius 1 is 1.19 bits per heavy atom. The topological polar surface area (TPSA) is 37.4 Å². The van der Waals surface area contributed by atoms with E-state index in [2.05, 4.69) is 12.2 Å². The van der Waals surface area contributed by atoms with Crippen LogP contribution in [0.5, 0.6) is 0 Å². The van der Waals surface area contributed by atoms with Gasteiger partial charge >= 0.3 is 0 Å². The number of likely N-dealkylation sites (tertiary alicyclic amines) is 1. The van der Waals surface area contributed by atoms with E-state index < -0.39 is 0 Å². The molecule has 0 spiro atoms. The Kier molecular flexibility index (Phi) is 2.00. The van der Waals surface area contributed by atoms with Gasteiger partial charge in [0.2, 0.25) is 11.8 Å². The first kappa shape index (κ1) is 10.1. The molecule has 2 amide bonds. The maximum absolute atomic E-state index is 12.2. The molecule has 0 aromatic carbocycles. The Balaban J connectivity index is 1.89. The normalized spacial score (nSPS) is 40.3. The molecule has 1 saturated carbocycles. The van der Waals surface area contributed by atoms with E-state index in [9.17, 15) is 9.59 Å². The summed E-state index contributed by atoms with van der Waals surface area (Å²) in [6, 6.07) is 0. The second-order valence-electron chi connectivity index (χ2n) is 5.68. The molecule has 2 bridgehead atoms. The lowest BCUT2D eigenvalue weighted by atomic mass is 9.85. The van der Waals surface area contributed by atoms with Crippen molar-refractivity contribution in [3.8, 4) is 0 Å². The SMILES string of the molecule is CC(C)CN1C(=O)[C@@H]2[C@@H](C1=O)[C@H]1C=C[C@H]2C1. The molecule has 0 aromatic heterocycles. The van der Waals surface area contributed by atoms with Crippen LogP contribution in [0.4, 0.5) is 0 Å². The van der Waals surface area contributed by atoms with E-state index in [0.717, 1.165) is 6.42 Å². The number of nitrogens with zero attached hydrogens (tertiary/aromatic N) is 1. The van der Waals surface area contributed by atoms with Gasteiger partial charge in [-0.2, -0.15) is 0 Å². The second kappa shape index (κ2) is 3.19. The molecular formula is C13H17NO2. The molecule has 2 fully saturated rings. The number of fused-ring (bicyclic) bond motifs is 5. The zero-order valence-electron chi connectivity index (χ0n) is 9.72. The summed E-state index contributed by atoms with van der Waals surface area (Å²) in [7, 11) is 0. The van der Waals surface area contributed by atoms with Crippen molar-refractivity contribution in [1.29, 1.82) is 0 Å². The average molecular weight is 219 g/mol. The van der Waals surface area contributed by atoms with Crippen molar-refractivity contribution < 1.29 is 9.59 Å². The quantitative estimate of drug-likeness (QED) is 0.520. The van der Waals surface area contributed by atoms with E-state index in [4.69, 9.17) is 0 Å². The Bertz CT molecular complexity index is 355. The summed E-state index contributed by atoms with van der Waals surface area (Å²) in [5, 5.41) is 0. The molecule has 0 unspecified atom stereocenters. The van der Waals surface area contributed by atoms with Gasteiger partial charge < -0.3 is 0 Å². The summed E-state index contributed by atoms with van der Waals surface area (Å²) >= 11 is 0. The van der Waals surface area contributed by atoms with Crippen molar-refractivity contribution in [2.24, 2.45) is 29.6 Å². The molecule has 1 aliphatic heterocycles. The van der Waals surface area contributed by atoms with Crippen LogP contribution in [0.15, 0.2) is 12.2 Å². The van der Waals surface area contributed by atoms with Gasteiger partial charge in [-0.1, -0.05) is 26.0 Å². The Hall–Kier alpha value is -1.12. The molecule has 4 atom stereocenters. The number of allylic oxidation sites excluding steroid dienone is 2. The van der Waals surface area contributed by atoms with Gasteiger partial charge in [-0.15, -0.1) is 0 Å². The summed E-state index contributed by atoms with van der Waals surface area (Å²) in [5.41, 5.74) is 0. The molecule has 1 heterocycles. The zero-order chi connectivity index (χ0) is 11.4. The number of amides is 2. The third-order valence-corrected chi connectivity index (χ3v) is 4.11. The number of rotatable bonds is 2. The summed E-state index contributed by atoms with van der Waals surface area (Å²) in [4.78, 5) is 25.9. The van der Waals surface area contributed by atoms with Crippen LogP contribution in [-0.2, 0) is 9.59 Å². The molecule has 1 saturated heterocycles. The minimum absolute atomic E-state index is 0.0266. The second-order valence-corrected chi connectivity index (χ2v) is 5.68. The van der Waals surface area contributed by atoms with Crippen LogP contribution in [0.3, 0.4) is 0 Å². The van der Waals surface area contributed by atoms with Crippen LogP contribution in [0.25, 0.3) is 0 Å². The molecule has 86 valence electrons. The lowest BCUT2D eigenvalue weighted by molar-refractivity contribution is -0.141. The first-order valence-corrected chi connectivity index (χ1v) is 6.13. The highest BCUT2D eigenvalue weighted by atomic mass is 16.2. The maximum Gasteiger partial charge on any atom is 0.233 e. The highest BCUT2D eigenvalue weighted by Crippen LogP contribution is 2.52. The minimum Gasteiger partial charge on any atom is -0.282 e. The Morgan fingerprint density at radius 3 is 2.12 bits per heavy atom. The van der Waals surface area contributed by atoms with E-state index in [0.29, 0.717) is 24.3 Å². The lowest BCUT2D eigenvalue weighted by Gasteiger charge is -2.18. The molecule has 0 aromatic rings. The van der Waals surface area contributed by atoms with Gasteiger partial charge in [0, 0.05) is 6.54 Å². The van der Waals surface area contributed by atoms with Crippen LogP contribution in [0, 0.1) is 29.6 Å². The number of carbonyl (C=O) groups is 2. The van der Waals surface area contributed by atoms with Gasteiger partial charge in [0.15, 0.2) is 0 Å². The molecule has 3 aliphatic rings. The van der Waals surface area contributed by atoms with E-state index >= 15 is 0 Å². The summed E-state index contributed by atoms with van der Waals surface area (Å²) in [6.45, 7) is 4.67. The predicted octanol–water partition coefficient (Wildman–Crippen LogP) is 1.45. The van der Waals surface area contributed by atoms with E-state index in [1.807, 2.05) is 13.8 Å². The van der Waals surface area contributed by atoms with Gasteiger partial charge in [-0.25, -0.2) is 0 Å². The highest BCUT2D eigenvalue weighted by Gasteiger charge is 2.58. The van der Waals surface area contributed by atoms with Crippen LogP contribution in [-0.4, -0.2) is 23.3 Å². The standard InChI is InChI=1S/C13H17NO2/c1-7(2)6-14-12(15)10-8-3-4-9(5-8)11(10)13(14)16/h3-4,7-11H,5-6H2,1-2H3/t8-,9-,10-,11-/m0/s1. The van der Waals surface area contributed by atoms with E-state index in [-0.39, 0.29) is 23.7 Å². The molecule has 3 heteroatoms. The van der Waals surface area contributed by atoms with Crippen LogP contribution in [0.1, 0.15) is 20.3 Å². The highest BCUT2D eigenvalue weighted by molar-refractivity contribution is 6.06. The van der Waals surface area contributed by atoms with Crippen molar-refractivity contribution in [3.63, 3.8) is 0 Å². The third kappa shape index (κ3) is 1.14. The van der Waals surface area contributed by atoms with Gasteiger partial charge in [-0.3, -0.25) is 14.5 Å². The van der Waals surface area contributed by atoms with Gasteiger partial charge in [-0.05, 0) is 24.2 Å². The van der Waals surface area contributed by atoms with Crippen LogP contribution >= 0.6 is 0 Å². The van der Waals surface area contributed by atoms with Crippen molar-refractivity contribution in [3.05, 3.63) is 12.2 Å². The van der Waals surface area contributed by atoms with Gasteiger partial charge in [0.25, 0.3) is 0 Å². The fourth-order valence-corrected chi connectivity index (χ4v) is 3.51. The monoisotopic (exact) mass is 219 g/mol. The minimum atomic E-state index is -0.0266. The number of carbonyl (C=O) groups excluding carboxylic acids is 2. The summed E-state index contributed by atoms with van der Waals surface area (Å²) < 4.78 is 0. The average Bonchev–Trinajstić information content (AvgIpc) is 2.87. The smallest absolute Gasteiger partial charge is 0.233 e. The first-order valence-electron chi connectivity index (χ1n) is 6.13. The van der Waals surface area contributed by atoms with Gasteiger partial charge in [0.05, 0.1) is 11.8 Å². The van der Waals surface area contributed by atoms with Crippen molar-refractivity contribution in [1.82, 2.24) is 4.90 Å². The zero-order valence-corrected chi connectivity index (χ0v) is 9.72. The summed E-state index contributed by atoms with van der Waals surface area (Å²) in [6.07, 6.45) is 5.29. The third-order valence-electron chi connectivity index (χ3n) is 4.11. The molecule has 3 nitrogen and oxygen atoms in total. The number of imide groups is 1. The van der Waals surface area contributed by atoms with Crippen molar-refractivity contribution >= 4 is 11.8 Å². The van der Waals surface area contributed by atoms with E-state index in [1.165, 1.54) is 4.90 Å².